The van der Waals surface area contributed by atoms with E-state index in [4.69, 9.17) is 5.73 Å². The third-order valence-electron chi connectivity index (χ3n) is 3.55. The number of nitrogens with two attached hydrogens (primary N) is 1. The maximum absolute atomic E-state index is 5.59. The lowest BCUT2D eigenvalue weighted by Crippen LogP contribution is -2.14. The van der Waals surface area contributed by atoms with E-state index in [1.807, 2.05) is 6.33 Å². The van der Waals surface area contributed by atoms with Gasteiger partial charge in [-0.2, -0.15) is 0 Å². The number of aromatic nitrogens is 2. The Morgan fingerprint density at radius 1 is 1.40 bits per heavy atom. The molecule has 15 heavy (non-hydrogen) atoms. The molecule has 0 unspecified atom stereocenters. The molecule has 1 saturated carbocycles. The highest BCUT2D eigenvalue weighted by molar-refractivity contribution is 5.17. The topological polar surface area (TPSA) is 54.7 Å². The van der Waals surface area contributed by atoms with Gasteiger partial charge in [0.05, 0.1) is 12.0 Å². The van der Waals surface area contributed by atoms with E-state index in [1.165, 1.54) is 37.1 Å². The standard InChI is InChI=1S/C12H21N3/c1-9-2-4-10(5-3-9)12-11(6-7-13)14-8-15-12/h8-10H,2-7,13H2,1H3,(H,14,15). The first kappa shape index (κ1) is 10.7. The summed E-state index contributed by atoms with van der Waals surface area (Å²) in [7, 11) is 0. The fourth-order valence-corrected chi connectivity index (χ4v) is 2.56. The number of hydrogen-bond donors (Lipinski definition) is 2. The van der Waals surface area contributed by atoms with Crippen molar-refractivity contribution in [3.05, 3.63) is 17.7 Å². The first-order valence-electron chi connectivity index (χ1n) is 6.03. The average molecular weight is 207 g/mol. The third kappa shape index (κ3) is 2.40. The zero-order chi connectivity index (χ0) is 10.7. The molecular formula is C12H21N3. The van der Waals surface area contributed by atoms with Crippen molar-refractivity contribution < 1.29 is 0 Å². The van der Waals surface area contributed by atoms with Crippen LogP contribution in [0, 0.1) is 5.92 Å². The number of nitrogens with zero attached hydrogens (tertiary/aromatic N) is 1. The predicted octanol–water partition coefficient (Wildman–Crippen LogP) is 2.20. The summed E-state index contributed by atoms with van der Waals surface area (Å²) in [6.07, 6.45) is 8.03. The van der Waals surface area contributed by atoms with E-state index in [2.05, 4.69) is 16.9 Å². The number of imidazole rings is 1. The lowest BCUT2D eigenvalue weighted by Gasteiger charge is -2.25. The van der Waals surface area contributed by atoms with Gasteiger partial charge >= 0.3 is 0 Å². The van der Waals surface area contributed by atoms with Gasteiger partial charge in [-0.25, -0.2) is 4.98 Å². The van der Waals surface area contributed by atoms with Crippen molar-refractivity contribution >= 4 is 0 Å². The Balaban J connectivity index is 2.05. The quantitative estimate of drug-likeness (QED) is 0.798. The molecule has 3 N–H and O–H groups in total. The van der Waals surface area contributed by atoms with E-state index in [-0.39, 0.29) is 0 Å². The molecule has 84 valence electrons. The van der Waals surface area contributed by atoms with Crippen LogP contribution in [0.15, 0.2) is 6.33 Å². The summed E-state index contributed by atoms with van der Waals surface area (Å²) in [4.78, 5) is 7.70. The maximum Gasteiger partial charge on any atom is 0.0925 e. The van der Waals surface area contributed by atoms with Crippen LogP contribution in [0.3, 0.4) is 0 Å². The number of hydrogen-bond acceptors (Lipinski definition) is 2. The Hall–Kier alpha value is -0.830. The van der Waals surface area contributed by atoms with E-state index in [9.17, 15) is 0 Å². The van der Waals surface area contributed by atoms with Crippen LogP contribution < -0.4 is 5.73 Å². The van der Waals surface area contributed by atoms with Crippen LogP contribution in [0.4, 0.5) is 0 Å². The van der Waals surface area contributed by atoms with Gasteiger partial charge in [0.2, 0.25) is 0 Å². The molecule has 2 rings (SSSR count). The van der Waals surface area contributed by atoms with Gasteiger partial charge in [-0.3, -0.25) is 0 Å². The van der Waals surface area contributed by atoms with Crippen molar-refractivity contribution in [3.63, 3.8) is 0 Å². The molecule has 1 fully saturated rings. The summed E-state index contributed by atoms with van der Waals surface area (Å²) >= 11 is 0. The van der Waals surface area contributed by atoms with Gasteiger partial charge in [-0.05, 0) is 25.3 Å². The SMILES string of the molecule is CC1CCC(c2nc[nH]c2CCN)CC1. The van der Waals surface area contributed by atoms with Gasteiger partial charge in [-0.15, -0.1) is 0 Å². The Labute approximate surface area is 91.5 Å². The van der Waals surface area contributed by atoms with Crippen molar-refractivity contribution in [2.24, 2.45) is 11.7 Å². The summed E-state index contributed by atoms with van der Waals surface area (Å²) in [5.41, 5.74) is 8.14. The van der Waals surface area contributed by atoms with Crippen LogP contribution in [0.5, 0.6) is 0 Å². The molecular weight excluding hydrogens is 186 g/mol. The summed E-state index contributed by atoms with van der Waals surface area (Å²) in [6, 6.07) is 0. The second kappa shape index (κ2) is 4.79. The second-order valence-corrected chi connectivity index (χ2v) is 4.76. The van der Waals surface area contributed by atoms with Crippen molar-refractivity contribution in [1.29, 1.82) is 0 Å². The minimum Gasteiger partial charge on any atom is -0.348 e. The lowest BCUT2D eigenvalue weighted by molar-refractivity contribution is 0.343. The van der Waals surface area contributed by atoms with Gasteiger partial charge in [0.25, 0.3) is 0 Å². The number of H-pyrrole nitrogens is 1. The third-order valence-corrected chi connectivity index (χ3v) is 3.55. The molecule has 0 amide bonds. The fraction of sp³-hybridized carbons (Fsp3) is 0.750. The largest absolute Gasteiger partial charge is 0.348 e. The summed E-state index contributed by atoms with van der Waals surface area (Å²) in [5.74, 6) is 1.58. The predicted molar refractivity (Wildman–Crippen MR) is 61.7 cm³/mol. The number of aromatic amines is 1. The van der Waals surface area contributed by atoms with Crippen LogP contribution in [0.25, 0.3) is 0 Å². The molecule has 0 atom stereocenters. The summed E-state index contributed by atoms with van der Waals surface area (Å²) in [5, 5.41) is 0. The molecule has 0 radical (unpaired) electrons. The smallest absolute Gasteiger partial charge is 0.0925 e. The lowest BCUT2D eigenvalue weighted by atomic mass is 9.81. The van der Waals surface area contributed by atoms with Gasteiger partial charge in [0.1, 0.15) is 0 Å². The minimum atomic E-state index is 0.675. The molecule has 1 aliphatic carbocycles. The molecule has 0 bridgehead atoms. The molecule has 0 saturated heterocycles. The first-order chi connectivity index (χ1) is 7.31. The second-order valence-electron chi connectivity index (χ2n) is 4.76. The summed E-state index contributed by atoms with van der Waals surface area (Å²) in [6.45, 7) is 3.06. The van der Waals surface area contributed by atoms with Crippen LogP contribution in [0.1, 0.15) is 49.9 Å². The average Bonchev–Trinajstić information content (AvgIpc) is 2.68. The van der Waals surface area contributed by atoms with E-state index in [0.717, 1.165) is 12.3 Å². The summed E-state index contributed by atoms with van der Waals surface area (Å²) < 4.78 is 0. The van der Waals surface area contributed by atoms with E-state index >= 15 is 0 Å². The molecule has 0 aliphatic heterocycles. The van der Waals surface area contributed by atoms with E-state index in [1.54, 1.807) is 0 Å². The Kier molecular flexibility index (Phi) is 3.41. The molecule has 1 aliphatic rings. The van der Waals surface area contributed by atoms with Crippen LogP contribution in [0.2, 0.25) is 0 Å². The minimum absolute atomic E-state index is 0.675. The number of rotatable bonds is 3. The zero-order valence-electron chi connectivity index (χ0n) is 9.50. The molecule has 0 spiro atoms. The molecule has 1 aromatic heterocycles. The van der Waals surface area contributed by atoms with Gasteiger partial charge in [-0.1, -0.05) is 19.8 Å². The van der Waals surface area contributed by atoms with Gasteiger partial charge in [0, 0.05) is 18.0 Å². The fourth-order valence-electron chi connectivity index (χ4n) is 2.56. The highest BCUT2D eigenvalue weighted by Gasteiger charge is 2.23. The Morgan fingerprint density at radius 3 is 2.80 bits per heavy atom. The number of nitrogens with one attached hydrogen (secondary N) is 1. The van der Waals surface area contributed by atoms with Crippen molar-refractivity contribution in [2.45, 2.75) is 44.9 Å². The monoisotopic (exact) mass is 207 g/mol. The highest BCUT2D eigenvalue weighted by Crippen LogP contribution is 2.35. The first-order valence-corrected chi connectivity index (χ1v) is 6.03. The van der Waals surface area contributed by atoms with Crippen molar-refractivity contribution in [2.75, 3.05) is 6.54 Å². The molecule has 1 heterocycles. The van der Waals surface area contributed by atoms with E-state index < -0.39 is 0 Å². The van der Waals surface area contributed by atoms with Gasteiger partial charge < -0.3 is 10.7 Å². The van der Waals surface area contributed by atoms with Crippen molar-refractivity contribution in [1.82, 2.24) is 9.97 Å². The Morgan fingerprint density at radius 2 is 2.13 bits per heavy atom. The zero-order valence-corrected chi connectivity index (χ0v) is 9.50. The normalized spacial score (nSPS) is 26.8. The highest BCUT2D eigenvalue weighted by atomic mass is 14.9. The van der Waals surface area contributed by atoms with Crippen LogP contribution in [-0.2, 0) is 6.42 Å². The molecule has 0 aromatic carbocycles. The molecule has 3 nitrogen and oxygen atoms in total. The molecule has 1 aromatic rings. The maximum atomic E-state index is 5.59. The Bertz CT molecular complexity index is 298. The van der Waals surface area contributed by atoms with Crippen molar-refractivity contribution in [3.8, 4) is 0 Å². The van der Waals surface area contributed by atoms with Crippen LogP contribution in [-0.4, -0.2) is 16.5 Å². The van der Waals surface area contributed by atoms with E-state index in [0.29, 0.717) is 12.5 Å². The van der Waals surface area contributed by atoms with Gasteiger partial charge in [0.15, 0.2) is 0 Å². The van der Waals surface area contributed by atoms with Crippen LogP contribution >= 0.6 is 0 Å². The molecule has 3 heteroatoms.